The smallest absolute Gasteiger partial charge is 0.203 e. The maximum Gasteiger partial charge on any atom is 0.203 e. The number of imidazole rings is 1. The van der Waals surface area contributed by atoms with E-state index in [1.54, 1.807) is 0 Å². The first-order valence-electron chi connectivity index (χ1n) is 4.93. The third kappa shape index (κ3) is 2.76. The van der Waals surface area contributed by atoms with Crippen molar-refractivity contribution in [3.05, 3.63) is 11.9 Å². The van der Waals surface area contributed by atoms with Crippen LogP contribution < -0.4 is 5.32 Å². The predicted molar refractivity (Wildman–Crippen MR) is 56.0 cm³/mol. The Morgan fingerprint density at radius 2 is 2.23 bits per heavy atom. The Morgan fingerprint density at radius 3 is 2.77 bits per heavy atom. The topological polar surface area (TPSA) is 29.9 Å². The zero-order chi connectivity index (χ0) is 9.84. The van der Waals surface area contributed by atoms with Crippen LogP contribution >= 0.6 is 0 Å². The molecule has 0 aromatic carbocycles. The van der Waals surface area contributed by atoms with Gasteiger partial charge in [-0.2, -0.15) is 0 Å². The zero-order valence-corrected chi connectivity index (χ0v) is 8.96. The van der Waals surface area contributed by atoms with Crippen molar-refractivity contribution in [2.24, 2.45) is 0 Å². The number of hydrogen-bond acceptors (Lipinski definition) is 2. The highest BCUT2D eigenvalue weighted by atomic mass is 15.2. The number of rotatable bonds is 4. The van der Waals surface area contributed by atoms with E-state index in [0.717, 1.165) is 24.6 Å². The number of aryl methyl sites for hydroxylation is 2. The Bertz CT molecular complexity index is 263. The van der Waals surface area contributed by atoms with Crippen LogP contribution in [-0.2, 0) is 6.54 Å². The van der Waals surface area contributed by atoms with E-state index < -0.39 is 0 Å². The summed E-state index contributed by atoms with van der Waals surface area (Å²) in [5.74, 6) is 0.995. The SMILES string of the molecule is CCCn1cc(C)nc1NC(C)C. The highest BCUT2D eigenvalue weighted by Crippen LogP contribution is 2.10. The predicted octanol–water partition coefficient (Wildman–Crippen LogP) is 2.42. The molecule has 74 valence electrons. The van der Waals surface area contributed by atoms with Gasteiger partial charge in [-0.15, -0.1) is 0 Å². The minimum Gasteiger partial charge on any atom is -0.353 e. The number of aromatic nitrogens is 2. The van der Waals surface area contributed by atoms with Crippen LogP contribution in [0.25, 0.3) is 0 Å². The summed E-state index contributed by atoms with van der Waals surface area (Å²) in [5.41, 5.74) is 1.08. The quantitative estimate of drug-likeness (QED) is 0.773. The lowest BCUT2D eigenvalue weighted by molar-refractivity contribution is 0.675. The van der Waals surface area contributed by atoms with Gasteiger partial charge in [-0.1, -0.05) is 6.92 Å². The molecule has 0 radical (unpaired) electrons. The second-order valence-electron chi connectivity index (χ2n) is 3.70. The molecule has 1 N–H and O–H groups in total. The van der Waals surface area contributed by atoms with Crippen molar-refractivity contribution < 1.29 is 0 Å². The van der Waals surface area contributed by atoms with Crippen LogP contribution in [0.4, 0.5) is 5.95 Å². The molecular weight excluding hydrogens is 162 g/mol. The first-order valence-corrected chi connectivity index (χ1v) is 4.93. The molecule has 1 heterocycles. The summed E-state index contributed by atoms with van der Waals surface area (Å²) in [4.78, 5) is 4.42. The van der Waals surface area contributed by atoms with Crippen LogP contribution in [-0.4, -0.2) is 15.6 Å². The summed E-state index contributed by atoms with van der Waals surface area (Å²) in [5, 5.41) is 3.33. The third-order valence-corrected chi connectivity index (χ3v) is 1.78. The molecule has 1 rings (SSSR count). The Morgan fingerprint density at radius 1 is 1.54 bits per heavy atom. The molecular formula is C10H19N3. The van der Waals surface area contributed by atoms with Crippen LogP contribution in [0.3, 0.4) is 0 Å². The molecule has 0 unspecified atom stereocenters. The van der Waals surface area contributed by atoms with Crippen molar-refractivity contribution in [3.8, 4) is 0 Å². The van der Waals surface area contributed by atoms with E-state index in [4.69, 9.17) is 0 Å². The summed E-state index contributed by atoms with van der Waals surface area (Å²) in [7, 11) is 0. The summed E-state index contributed by atoms with van der Waals surface area (Å²) in [6.45, 7) is 9.49. The van der Waals surface area contributed by atoms with E-state index >= 15 is 0 Å². The van der Waals surface area contributed by atoms with Gasteiger partial charge in [-0.25, -0.2) is 4.98 Å². The standard InChI is InChI=1S/C10H19N3/c1-5-6-13-7-9(4)12-10(13)11-8(2)3/h7-8H,5-6H2,1-4H3,(H,11,12). The van der Waals surface area contributed by atoms with E-state index in [-0.39, 0.29) is 0 Å². The van der Waals surface area contributed by atoms with Gasteiger partial charge in [0.15, 0.2) is 0 Å². The second-order valence-corrected chi connectivity index (χ2v) is 3.70. The molecule has 13 heavy (non-hydrogen) atoms. The molecule has 0 aliphatic carbocycles. The van der Waals surface area contributed by atoms with E-state index in [0.29, 0.717) is 6.04 Å². The molecule has 0 amide bonds. The molecule has 0 fully saturated rings. The monoisotopic (exact) mass is 181 g/mol. The molecule has 3 heteroatoms. The summed E-state index contributed by atoms with van der Waals surface area (Å²) in [6.07, 6.45) is 3.23. The van der Waals surface area contributed by atoms with Crippen molar-refractivity contribution in [2.75, 3.05) is 5.32 Å². The van der Waals surface area contributed by atoms with Gasteiger partial charge in [-0.3, -0.25) is 0 Å². The normalized spacial score (nSPS) is 10.8. The fraction of sp³-hybridized carbons (Fsp3) is 0.700. The Hall–Kier alpha value is -0.990. The zero-order valence-electron chi connectivity index (χ0n) is 8.96. The van der Waals surface area contributed by atoms with E-state index in [1.165, 1.54) is 0 Å². The van der Waals surface area contributed by atoms with E-state index in [2.05, 4.69) is 41.8 Å². The van der Waals surface area contributed by atoms with Gasteiger partial charge in [0.1, 0.15) is 0 Å². The van der Waals surface area contributed by atoms with Gasteiger partial charge in [-0.05, 0) is 27.2 Å². The maximum absolute atomic E-state index is 4.42. The molecule has 1 aromatic rings. The summed E-state index contributed by atoms with van der Waals surface area (Å²) < 4.78 is 2.18. The van der Waals surface area contributed by atoms with E-state index in [9.17, 15) is 0 Å². The average molecular weight is 181 g/mol. The Kier molecular flexibility index (Phi) is 3.34. The first kappa shape index (κ1) is 10.1. The molecule has 0 bridgehead atoms. The van der Waals surface area contributed by atoms with Gasteiger partial charge in [0, 0.05) is 18.8 Å². The van der Waals surface area contributed by atoms with Crippen molar-refractivity contribution >= 4 is 5.95 Å². The fourth-order valence-corrected chi connectivity index (χ4v) is 1.33. The molecule has 3 nitrogen and oxygen atoms in total. The molecule has 0 aliphatic heterocycles. The number of hydrogen-bond donors (Lipinski definition) is 1. The van der Waals surface area contributed by atoms with Gasteiger partial charge >= 0.3 is 0 Å². The number of anilines is 1. The maximum atomic E-state index is 4.42. The van der Waals surface area contributed by atoms with Crippen molar-refractivity contribution in [2.45, 2.75) is 46.7 Å². The molecule has 1 aromatic heterocycles. The van der Waals surface area contributed by atoms with Crippen LogP contribution in [0.15, 0.2) is 6.20 Å². The Balaban J connectivity index is 2.77. The third-order valence-electron chi connectivity index (χ3n) is 1.78. The average Bonchev–Trinajstić information content (AvgIpc) is 2.31. The highest BCUT2D eigenvalue weighted by molar-refractivity contribution is 5.29. The fourth-order valence-electron chi connectivity index (χ4n) is 1.33. The largest absolute Gasteiger partial charge is 0.353 e. The van der Waals surface area contributed by atoms with Crippen molar-refractivity contribution in [3.63, 3.8) is 0 Å². The van der Waals surface area contributed by atoms with Crippen LogP contribution in [0.5, 0.6) is 0 Å². The minimum absolute atomic E-state index is 0.442. The van der Waals surface area contributed by atoms with Crippen LogP contribution in [0, 0.1) is 6.92 Å². The molecule has 0 atom stereocenters. The van der Waals surface area contributed by atoms with Gasteiger partial charge < -0.3 is 9.88 Å². The van der Waals surface area contributed by atoms with Crippen molar-refractivity contribution in [1.82, 2.24) is 9.55 Å². The first-order chi connectivity index (χ1) is 6.13. The summed E-state index contributed by atoms with van der Waals surface area (Å²) in [6, 6.07) is 0.442. The lowest BCUT2D eigenvalue weighted by Gasteiger charge is -2.10. The molecule has 0 saturated carbocycles. The second kappa shape index (κ2) is 4.30. The van der Waals surface area contributed by atoms with Crippen molar-refractivity contribution in [1.29, 1.82) is 0 Å². The Labute approximate surface area is 80.2 Å². The van der Waals surface area contributed by atoms with Gasteiger partial charge in [0.05, 0.1) is 5.69 Å². The lowest BCUT2D eigenvalue weighted by Crippen LogP contribution is -2.14. The number of nitrogens with one attached hydrogen (secondary N) is 1. The lowest BCUT2D eigenvalue weighted by atomic mass is 10.4. The molecule has 0 spiro atoms. The highest BCUT2D eigenvalue weighted by Gasteiger charge is 2.04. The van der Waals surface area contributed by atoms with Gasteiger partial charge in [0.25, 0.3) is 0 Å². The molecule has 0 saturated heterocycles. The van der Waals surface area contributed by atoms with Crippen LogP contribution in [0.2, 0.25) is 0 Å². The van der Waals surface area contributed by atoms with Gasteiger partial charge in [0.2, 0.25) is 5.95 Å². The number of nitrogens with zero attached hydrogens (tertiary/aromatic N) is 2. The van der Waals surface area contributed by atoms with E-state index in [1.807, 2.05) is 6.92 Å². The van der Waals surface area contributed by atoms with Crippen LogP contribution in [0.1, 0.15) is 32.9 Å². The summed E-state index contributed by atoms with van der Waals surface area (Å²) >= 11 is 0. The molecule has 0 aliphatic rings. The minimum atomic E-state index is 0.442.